The summed E-state index contributed by atoms with van der Waals surface area (Å²) >= 11 is 0. The third-order valence-electron chi connectivity index (χ3n) is 5.47. The fourth-order valence-electron chi connectivity index (χ4n) is 4.15. The second-order valence-electron chi connectivity index (χ2n) is 6.83. The molecule has 2 N–H and O–H groups in total. The second kappa shape index (κ2) is 7.43. The van der Waals surface area contributed by atoms with Crippen LogP contribution >= 0.6 is 0 Å². The zero-order valence-corrected chi connectivity index (χ0v) is 14.7. The van der Waals surface area contributed by atoms with Gasteiger partial charge in [0.25, 0.3) is 0 Å². The Hall–Kier alpha value is -1.75. The van der Waals surface area contributed by atoms with Crippen molar-refractivity contribution >= 4 is 5.91 Å². The highest BCUT2D eigenvalue weighted by Gasteiger charge is 2.49. The molecule has 2 atom stereocenters. The number of hydrogen-bond donors (Lipinski definition) is 2. The smallest absolute Gasteiger partial charge is 0.228 e. The Bertz CT molecular complexity index is 590. The molecular formula is C19H28N2O3. The van der Waals surface area contributed by atoms with E-state index in [0.29, 0.717) is 19.1 Å². The van der Waals surface area contributed by atoms with Gasteiger partial charge in [-0.2, -0.15) is 0 Å². The maximum Gasteiger partial charge on any atom is 0.228 e. The Morgan fingerprint density at radius 1 is 1.38 bits per heavy atom. The third-order valence-corrected chi connectivity index (χ3v) is 5.47. The van der Waals surface area contributed by atoms with Crippen LogP contribution in [0.3, 0.4) is 0 Å². The maximum absolute atomic E-state index is 12.9. The summed E-state index contributed by atoms with van der Waals surface area (Å²) in [4.78, 5) is 12.9. The molecule has 0 unspecified atom stereocenters. The van der Waals surface area contributed by atoms with Crippen LogP contribution in [0.4, 0.5) is 0 Å². The predicted octanol–water partition coefficient (Wildman–Crippen LogP) is 2.49. The lowest BCUT2D eigenvalue weighted by Crippen LogP contribution is -2.47. The molecule has 132 valence electrons. The lowest BCUT2D eigenvalue weighted by Gasteiger charge is -2.37. The second-order valence-corrected chi connectivity index (χ2v) is 6.83. The van der Waals surface area contributed by atoms with E-state index < -0.39 is 0 Å². The average Bonchev–Trinajstić information content (AvgIpc) is 3.05. The van der Waals surface area contributed by atoms with E-state index in [0.717, 1.165) is 49.4 Å². The predicted molar refractivity (Wildman–Crippen MR) is 93.3 cm³/mol. The van der Waals surface area contributed by atoms with E-state index in [1.165, 1.54) is 6.42 Å². The van der Waals surface area contributed by atoms with E-state index in [1.807, 2.05) is 25.1 Å². The van der Waals surface area contributed by atoms with Gasteiger partial charge in [-0.15, -0.1) is 0 Å². The van der Waals surface area contributed by atoms with Gasteiger partial charge in [0, 0.05) is 13.1 Å². The molecule has 0 spiro atoms. The highest BCUT2D eigenvalue weighted by Crippen LogP contribution is 2.44. The first-order chi connectivity index (χ1) is 11.7. The van der Waals surface area contributed by atoms with E-state index in [4.69, 9.17) is 9.47 Å². The van der Waals surface area contributed by atoms with Gasteiger partial charge < -0.3 is 20.1 Å². The van der Waals surface area contributed by atoms with Crippen molar-refractivity contribution in [2.75, 3.05) is 26.8 Å². The zero-order chi connectivity index (χ0) is 17.0. The fourth-order valence-corrected chi connectivity index (χ4v) is 4.15. The first kappa shape index (κ1) is 17.1. The van der Waals surface area contributed by atoms with Crippen molar-refractivity contribution in [2.45, 2.75) is 39.2 Å². The number of amides is 1. The minimum absolute atomic E-state index is 0.200. The third kappa shape index (κ3) is 3.22. The number of hydrogen-bond acceptors (Lipinski definition) is 4. The summed E-state index contributed by atoms with van der Waals surface area (Å²) in [5.74, 6) is 2.13. The molecule has 2 aliphatic rings. The summed E-state index contributed by atoms with van der Waals surface area (Å²) in [6.45, 7) is 4.85. The molecule has 1 aliphatic heterocycles. The van der Waals surface area contributed by atoms with Crippen LogP contribution in [0.15, 0.2) is 18.2 Å². The Kier molecular flexibility index (Phi) is 5.29. The number of fused-ring (bicyclic) bond motifs is 1. The van der Waals surface area contributed by atoms with Gasteiger partial charge in [-0.05, 0) is 49.9 Å². The van der Waals surface area contributed by atoms with E-state index in [-0.39, 0.29) is 11.3 Å². The van der Waals surface area contributed by atoms with Gasteiger partial charge in [0.15, 0.2) is 11.5 Å². The number of nitrogens with one attached hydrogen (secondary N) is 2. The van der Waals surface area contributed by atoms with Crippen LogP contribution in [0.2, 0.25) is 0 Å². The molecule has 1 saturated carbocycles. The molecule has 5 heteroatoms. The van der Waals surface area contributed by atoms with Gasteiger partial charge in [-0.3, -0.25) is 4.79 Å². The fraction of sp³-hybridized carbons (Fsp3) is 0.632. The lowest BCUT2D eigenvalue weighted by atomic mass is 9.67. The maximum atomic E-state index is 12.9. The molecule has 0 bridgehead atoms. The molecule has 2 fully saturated rings. The van der Waals surface area contributed by atoms with Crippen molar-refractivity contribution in [3.8, 4) is 11.5 Å². The minimum atomic E-state index is -0.201. The number of carbonyl (C=O) groups excluding carboxylic acids is 1. The molecule has 0 aromatic heterocycles. The topological polar surface area (TPSA) is 59.6 Å². The molecule has 24 heavy (non-hydrogen) atoms. The van der Waals surface area contributed by atoms with Crippen molar-refractivity contribution in [1.82, 2.24) is 10.6 Å². The van der Waals surface area contributed by atoms with Crippen molar-refractivity contribution in [3.63, 3.8) is 0 Å². The highest BCUT2D eigenvalue weighted by molar-refractivity contribution is 5.83. The summed E-state index contributed by atoms with van der Waals surface area (Å²) in [7, 11) is 1.63. The Balaban J connectivity index is 1.67. The molecule has 1 saturated heterocycles. The molecule has 0 radical (unpaired) electrons. The monoisotopic (exact) mass is 332 g/mol. The number of carbonyl (C=O) groups is 1. The molecular weight excluding hydrogens is 304 g/mol. The zero-order valence-electron chi connectivity index (χ0n) is 14.7. The van der Waals surface area contributed by atoms with Crippen LogP contribution < -0.4 is 20.1 Å². The van der Waals surface area contributed by atoms with Crippen LogP contribution in [0.1, 0.15) is 38.2 Å². The first-order valence-corrected chi connectivity index (χ1v) is 8.98. The standard InChI is InChI=1S/C19H28N2O3/c1-3-24-17-10-14(7-8-16(17)23-2)11-21-18(22)19-9-5-4-6-15(19)12-20-13-19/h7-8,10,15,20H,3-6,9,11-13H2,1-2H3,(H,21,22)/t15-,19+/m0/s1. The van der Waals surface area contributed by atoms with Crippen molar-refractivity contribution < 1.29 is 14.3 Å². The first-order valence-electron chi connectivity index (χ1n) is 8.98. The van der Waals surface area contributed by atoms with Gasteiger partial charge in [0.2, 0.25) is 5.91 Å². The van der Waals surface area contributed by atoms with Crippen LogP contribution in [0.25, 0.3) is 0 Å². The number of methoxy groups -OCH3 is 1. The Morgan fingerprint density at radius 2 is 2.25 bits per heavy atom. The van der Waals surface area contributed by atoms with E-state index in [9.17, 15) is 4.79 Å². The van der Waals surface area contributed by atoms with Gasteiger partial charge in [0.1, 0.15) is 0 Å². The summed E-state index contributed by atoms with van der Waals surface area (Å²) in [6.07, 6.45) is 4.57. The number of benzene rings is 1. The SMILES string of the molecule is CCOc1cc(CNC(=O)[C@@]23CCCC[C@H]2CNC3)ccc1OC. The largest absolute Gasteiger partial charge is 0.493 e. The van der Waals surface area contributed by atoms with Crippen molar-refractivity contribution in [2.24, 2.45) is 11.3 Å². The van der Waals surface area contributed by atoms with Gasteiger partial charge in [0.05, 0.1) is 19.1 Å². The van der Waals surface area contributed by atoms with Crippen molar-refractivity contribution in [1.29, 1.82) is 0 Å². The van der Waals surface area contributed by atoms with Crippen LogP contribution in [-0.4, -0.2) is 32.7 Å². The van der Waals surface area contributed by atoms with Crippen LogP contribution in [0.5, 0.6) is 11.5 Å². The summed E-state index contributed by atoms with van der Waals surface area (Å²) in [5, 5.41) is 6.59. The lowest BCUT2D eigenvalue weighted by molar-refractivity contribution is -0.134. The molecule has 1 aliphatic carbocycles. The highest BCUT2D eigenvalue weighted by atomic mass is 16.5. The van der Waals surface area contributed by atoms with Gasteiger partial charge >= 0.3 is 0 Å². The van der Waals surface area contributed by atoms with Gasteiger partial charge in [-0.1, -0.05) is 18.9 Å². The molecule has 5 nitrogen and oxygen atoms in total. The quantitative estimate of drug-likeness (QED) is 0.840. The minimum Gasteiger partial charge on any atom is -0.493 e. The summed E-state index contributed by atoms with van der Waals surface area (Å²) in [5.41, 5.74) is 0.829. The number of ether oxygens (including phenoxy) is 2. The van der Waals surface area contributed by atoms with E-state index in [2.05, 4.69) is 10.6 Å². The molecule has 1 aromatic rings. The van der Waals surface area contributed by atoms with Crippen LogP contribution in [0, 0.1) is 11.3 Å². The van der Waals surface area contributed by atoms with E-state index in [1.54, 1.807) is 7.11 Å². The summed E-state index contributed by atoms with van der Waals surface area (Å²) < 4.78 is 10.9. The summed E-state index contributed by atoms with van der Waals surface area (Å²) in [6, 6.07) is 5.82. The molecule has 1 aromatic carbocycles. The van der Waals surface area contributed by atoms with Crippen LogP contribution in [-0.2, 0) is 11.3 Å². The molecule has 3 rings (SSSR count). The Labute approximate surface area is 144 Å². The Morgan fingerprint density at radius 3 is 3.04 bits per heavy atom. The van der Waals surface area contributed by atoms with E-state index >= 15 is 0 Å². The van der Waals surface area contributed by atoms with Crippen molar-refractivity contribution in [3.05, 3.63) is 23.8 Å². The number of rotatable bonds is 6. The normalized spacial score (nSPS) is 25.8. The molecule has 1 amide bonds. The molecule has 1 heterocycles. The van der Waals surface area contributed by atoms with Gasteiger partial charge in [-0.25, -0.2) is 0 Å². The average molecular weight is 332 g/mol.